The Labute approximate surface area is 143 Å². The van der Waals surface area contributed by atoms with Crippen LogP contribution in [-0.4, -0.2) is 43.5 Å². The van der Waals surface area contributed by atoms with Crippen molar-refractivity contribution >= 4 is 17.5 Å². The average molecular weight is 327 g/mol. The van der Waals surface area contributed by atoms with Gasteiger partial charge in [0.15, 0.2) is 0 Å². The molecule has 128 valence electrons. The third-order valence-electron chi connectivity index (χ3n) is 4.90. The first-order valence-electron chi connectivity index (χ1n) is 8.59. The van der Waals surface area contributed by atoms with Crippen molar-refractivity contribution in [1.29, 1.82) is 0 Å². The number of nitrogens with zero attached hydrogens (tertiary/aromatic N) is 2. The summed E-state index contributed by atoms with van der Waals surface area (Å²) < 4.78 is 0. The second-order valence-electron chi connectivity index (χ2n) is 6.74. The van der Waals surface area contributed by atoms with E-state index in [2.05, 4.69) is 17.5 Å². The summed E-state index contributed by atoms with van der Waals surface area (Å²) in [5.74, 6) is 0.321. The van der Waals surface area contributed by atoms with E-state index in [-0.39, 0.29) is 18.0 Å². The molecule has 2 aliphatic rings. The number of hydrogen-bond acceptors (Lipinski definition) is 3. The van der Waals surface area contributed by atoms with E-state index in [0.29, 0.717) is 17.9 Å². The van der Waals surface area contributed by atoms with Crippen molar-refractivity contribution in [1.82, 2.24) is 10.2 Å². The molecule has 1 aliphatic heterocycles. The van der Waals surface area contributed by atoms with Crippen molar-refractivity contribution in [3.8, 4) is 0 Å². The van der Waals surface area contributed by atoms with Crippen LogP contribution in [0.15, 0.2) is 36.4 Å². The highest BCUT2D eigenvalue weighted by Crippen LogP contribution is 2.27. The predicted octanol–water partition coefficient (Wildman–Crippen LogP) is 2.40. The van der Waals surface area contributed by atoms with Gasteiger partial charge in [-0.3, -0.25) is 9.59 Å². The fourth-order valence-corrected chi connectivity index (χ4v) is 3.31. The Morgan fingerprint density at radius 1 is 1.25 bits per heavy atom. The van der Waals surface area contributed by atoms with Crippen LogP contribution >= 0.6 is 0 Å². The molecule has 0 radical (unpaired) electrons. The molecule has 0 bridgehead atoms. The number of rotatable bonds is 5. The van der Waals surface area contributed by atoms with E-state index in [4.69, 9.17) is 0 Å². The molecule has 2 atom stereocenters. The second kappa shape index (κ2) is 7.07. The molecule has 1 N–H and O–H groups in total. The number of carbonyl (C=O) groups is 2. The van der Waals surface area contributed by atoms with Gasteiger partial charge in [0.25, 0.3) is 5.91 Å². The third kappa shape index (κ3) is 3.45. The molecule has 1 fully saturated rings. The summed E-state index contributed by atoms with van der Waals surface area (Å²) in [7, 11) is 3.94. The normalized spacial score (nSPS) is 21.2. The summed E-state index contributed by atoms with van der Waals surface area (Å²) in [6, 6.07) is 7.53. The molecule has 3 rings (SSSR count). The van der Waals surface area contributed by atoms with E-state index in [9.17, 15) is 9.59 Å². The van der Waals surface area contributed by atoms with Crippen LogP contribution in [0.2, 0.25) is 0 Å². The smallest absolute Gasteiger partial charge is 0.252 e. The molecule has 5 heteroatoms. The monoisotopic (exact) mass is 327 g/mol. The quantitative estimate of drug-likeness (QED) is 0.667. The molecule has 24 heavy (non-hydrogen) atoms. The molecular weight excluding hydrogens is 302 g/mol. The van der Waals surface area contributed by atoms with Gasteiger partial charge in [0, 0.05) is 44.2 Å². The van der Waals surface area contributed by atoms with Gasteiger partial charge >= 0.3 is 0 Å². The van der Waals surface area contributed by atoms with E-state index >= 15 is 0 Å². The van der Waals surface area contributed by atoms with Gasteiger partial charge in [0.1, 0.15) is 6.17 Å². The number of hydrogen-bond donors (Lipinski definition) is 1. The zero-order valence-corrected chi connectivity index (χ0v) is 14.4. The van der Waals surface area contributed by atoms with Gasteiger partial charge in [-0.05, 0) is 43.5 Å². The molecule has 0 aromatic heterocycles. The van der Waals surface area contributed by atoms with Gasteiger partial charge in [0.2, 0.25) is 5.91 Å². The Kier molecular flexibility index (Phi) is 4.88. The summed E-state index contributed by atoms with van der Waals surface area (Å²) in [4.78, 5) is 28.4. The summed E-state index contributed by atoms with van der Waals surface area (Å²) in [6.45, 7) is 0.740. The molecule has 0 saturated carbocycles. The number of likely N-dealkylation sites (tertiary alicyclic amines) is 1. The maximum atomic E-state index is 12.6. The van der Waals surface area contributed by atoms with Crippen LogP contribution in [0.1, 0.15) is 36.0 Å². The maximum absolute atomic E-state index is 12.6. The summed E-state index contributed by atoms with van der Waals surface area (Å²) >= 11 is 0. The second-order valence-corrected chi connectivity index (χ2v) is 6.74. The molecule has 2 amide bonds. The number of allylic oxidation sites excluding steroid dienone is 2. The van der Waals surface area contributed by atoms with E-state index in [1.54, 1.807) is 0 Å². The van der Waals surface area contributed by atoms with E-state index in [0.717, 1.165) is 31.5 Å². The highest BCUT2D eigenvalue weighted by molar-refractivity contribution is 5.95. The SMILES string of the molecule is CN(C)c1ccc(C(=O)N[C@@H]([C@@H]2CC=CCC2)N2CCC2=O)cc1. The van der Waals surface area contributed by atoms with Crippen LogP contribution in [0.5, 0.6) is 0 Å². The van der Waals surface area contributed by atoms with Crippen LogP contribution in [0.4, 0.5) is 5.69 Å². The Morgan fingerprint density at radius 3 is 2.50 bits per heavy atom. The van der Waals surface area contributed by atoms with Crippen LogP contribution in [0, 0.1) is 5.92 Å². The average Bonchev–Trinajstić information content (AvgIpc) is 2.60. The number of nitrogens with one attached hydrogen (secondary N) is 1. The zero-order valence-electron chi connectivity index (χ0n) is 14.4. The first-order valence-corrected chi connectivity index (χ1v) is 8.59. The fraction of sp³-hybridized carbons (Fsp3) is 0.474. The molecule has 0 spiro atoms. The lowest BCUT2D eigenvalue weighted by atomic mass is 9.89. The highest BCUT2D eigenvalue weighted by atomic mass is 16.2. The third-order valence-corrected chi connectivity index (χ3v) is 4.90. The lowest BCUT2D eigenvalue weighted by molar-refractivity contribution is -0.145. The number of benzene rings is 1. The van der Waals surface area contributed by atoms with Crippen LogP contribution in [-0.2, 0) is 4.79 Å². The lowest BCUT2D eigenvalue weighted by Crippen LogP contribution is -2.60. The first kappa shape index (κ1) is 16.6. The standard InChI is InChI=1S/C19H25N3O2/c1-21(2)16-10-8-15(9-11-16)19(24)20-18(22-13-12-17(22)23)14-6-4-3-5-7-14/h3-4,8-11,14,18H,5-7,12-13H2,1-2H3,(H,20,24)/t14-,18-/m1/s1. The molecule has 0 unspecified atom stereocenters. The number of anilines is 1. The largest absolute Gasteiger partial charge is 0.378 e. The van der Waals surface area contributed by atoms with Crippen LogP contribution in [0.3, 0.4) is 0 Å². The van der Waals surface area contributed by atoms with Crippen molar-refractivity contribution in [2.75, 3.05) is 25.5 Å². The summed E-state index contributed by atoms with van der Waals surface area (Å²) in [6.07, 6.45) is 7.65. The zero-order chi connectivity index (χ0) is 17.1. The molecular formula is C19H25N3O2. The fourth-order valence-electron chi connectivity index (χ4n) is 3.31. The number of β-lactam (4-membered cyclic amide) rings is 1. The van der Waals surface area contributed by atoms with E-state index in [1.165, 1.54) is 0 Å². The number of amides is 2. The Morgan fingerprint density at radius 2 is 2.00 bits per heavy atom. The van der Waals surface area contributed by atoms with Crippen molar-refractivity contribution in [2.45, 2.75) is 31.8 Å². The lowest BCUT2D eigenvalue weighted by Gasteiger charge is -2.42. The molecule has 1 heterocycles. The Bertz CT molecular complexity index is 637. The van der Waals surface area contributed by atoms with Crippen molar-refractivity contribution < 1.29 is 9.59 Å². The Hall–Kier alpha value is -2.30. The van der Waals surface area contributed by atoms with Gasteiger partial charge < -0.3 is 15.1 Å². The van der Waals surface area contributed by atoms with Gasteiger partial charge in [-0.1, -0.05) is 12.2 Å². The summed E-state index contributed by atoms with van der Waals surface area (Å²) in [5, 5.41) is 3.10. The highest BCUT2D eigenvalue weighted by Gasteiger charge is 2.36. The number of carbonyl (C=O) groups excluding carboxylic acids is 2. The molecule has 1 aromatic rings. The molecule has 1 aliphatic carbocycles. The van der Waals surface area contributed by atoms with Crippen LogP contribution in [0.25, 0.3) is 0 Å². The minimum Gasteiger partial charge on any atom is -0.378 e. The molecule has 1 saturated heterocycles. The molecule has 1 aromatic carbocycles. The maximum Gasteiger partial charge on any atom is 0.252 e. The van der Waals surface area contributed by atoms with Gasteiger partial charge in [-0.2, -0.15) is 0 Å². The predicted molar refractivity (Wildman–Crippen MR) is 94.8 cm³/mol. The van der Waals surface area contributed by atoms with E-state index in [1.807, 2.05) is 48.2 Å². The first-order chi connectivity index (χ1) is 11.6. The van der Waals surface area contributed by atoms with Crippen molar-refractivity contribution in [2.24, 2.45) is 5.92 Å². The minimum atomic E-state index is -0.197. The Balaban J connectivity index is 1.72. The topological polar surface area (TPSA) is 52.7 Å². The minimum absolute atomic E-state index is 0.112. The van der Waals surface area contributed by atoms with Crippen LogP contribution < -0.4 is 10.2 Å². The van der Waals surface area contributed by atoms with Gasteiger partial charge in [-0.15, -0.1) is 0 Å². The molecule has 5 nitrogen and oxygen atoms in total. The van der Waals surface area contributed by atoms with Gasteiger partial charge in [0.05, 0.1) is 0 Å². The summed E-state index contributed by atoms with van der Waals surface area (Å²) in [5.41, 5.74) is 1.68. The van der Waals surface area contributed by atoms with Gasteiger partial charge in [-0.25, -0.2) is 0 Å². The van der Waals surface area contributed by atoms with E-state index < -0.39 is 0 Å². The van der Waals surface area contributed by atoms with Crippen molar-refractivity contribution in [3.05, 3.63) is 42.0 Å². The van der Waals surface area contributed by atoms with Crippen molar-refractivity contribution in [3.63, 3.8) is 0 Å².